The lowest BCUT2D eigenvalue weighted by Crippen LogP contribution is -2.13. The van der Waals surface area contributed by atoms with Gasteiger partial charge in [0.05, 0.1) is 12.2 Å². The molecule has 0 unspecified atom stereocenters. The second-order valence-corrected chi connectivity index (χ2v) is 4.75. The number of nitriles is 1. The Bertz CT molecular complexity index is 641. The summed E-state index contributed by atoms with van der Waals surface area (Å²) in [6, 6.07) is 9.71. The van der Waals surface area contributed by atoms with Gasteiger partial charge in [0.15, 0.2) is 0 Å². The van der Waals surface area contributed by atoms with Crippen molar-refractivity contribution in [3.05, 3.63) is 47.5 Å². The van der Waals surface area contributed by atoms with Crippen molar-refractivity contribution < 1.29 is 9.13 Å². The minimum atomic E-state index is -0.294. The number of benzene rings is 1. The van der Waals surface area contributed by atoms with Crippen LogP contribution < -0.4 is 10.5 Å². The van der Waals surface area contributed by atoms with Crippen LogP contribution in [0.25, 0.3) is 0 Å². The number of nitrogens with two attached hydrogens (primary N) is 1. The summed E-state index contributed by atoms with van der Waals surface area (Å²) in [7, 11) is 0. The summed E-state index contributed by atoms with van der Waals surface area (Å²) >= 11 is 0. The second kappa shape index (κ2) is 6.80. The molecule has 0 aliphatic rings. The molecule has 0 aliphatic carbocycles. The van der Waals surface area contributed by atoms with E-state index in [1.807, 2.05) is 4.57 Å². The van der Waals surface area contributed by atoms with E-state index < -0.39 is 0 Å². The Labute approximate surface area is 123 Å². The molecule has 1 heterocycles. The number of anilines is 1. The molecule has 0 bridgehead atoms. The molecule has 0 saturated carbocycles. The predicted molar refractivity (Wildman–Crippen MR) is 79.4 cm³/mol. The molecule has 1 aromatic heterocycles. The van der Waals surface area contributed by atoms with Gasteiger partial charge in [-0.2, -0.15) is 5.26 Å². The van der Waals surface area contributed by atoms with Crippen LogP contribution >= 0.6 is 0 Å². The third-order valence-corrected chi connectivity index (χ3v) is 3.24. The Morgan fingerprint density at radius 2 is 2.05 bits per heavy atom. The maximum atomic E-state index is 12.8. The van der Waals surface area contributed by atoms with E-state index in [2.05, 4.69) is 13.0 Å². The molecule has 4 nitrogen and oxygen atoms in total. The number of nitrogens with zero attached hydrogens (tertiary/aromatic N) is 2. The van der Waals surface area contributed by atoms with Crippen molar-refractivity contribution >= 4 is 5.69 Å². The van der Waals surface area contributed by atoms with Crippen LogP contribution in [0.1, 0.15) is 24.7 Å². The van der Waals surface area contributed by atoms with Gasteiger partial charge in [-0.3, -0.25) is 0 Å². The van der Waals surface area contributed by atoms with Crippen molar-refractivity contribution in [1.82, 2.24) is 4.57 Å². The number of aromatic nitrogens is 1. The Morgan fingerprint density at radius 3 is 2.67 bits per heavy atom. The molecule has 5 heteroatoms. The smallest absolute Gasteiger partial charge is 0.123 e. The zero-order valence-corrected chi connectivity index (χ0v) is 12.0. The fourth-order valence-corrected chi connectivity index (χ4v) is 2.26. The third-order valence-electron chi connectivity index (χ3n) is 3.24. The highest BCUT2D eigenvalue weighted by atomic mass is 19.1. The summed E-state index contributed by atoms with van der Waals surface area (Å²) in [5.74, 6) is 0.310. The van der Waals surface area contributed by atoms with Crippen LogP contribution in [0, 0.1) is 17.1 Å². The molecule has 110 valence electrons. The van der Waals surface area contributed by atoms with Crippen molar-refractivity contribution in [2.24, 2.45) is 0 Å². The van der Waals surface area contributed by atoms with Crippen LogP contribution in [0.2, 0.25) is 0 Å². The van der Waals surface area contributed by atoms with Crippen molar-refractivity contribution in [1.29, 1.82) is 5.26 Å². The Balaban J connectivity index is 2.05. The van der Waals surface area contributed by atoms with Crippen molar-refractivity contribution in [3.63, 3.8) is 0 Å². The molecule has 0 amide bonds. The summed E-state index contributed by atoms with van der Waals surface area (Å²) < 4.78 is 20.3. The quantitative estimate of drug-likeness (QED) is 0.887. The highest BCUT2D eigenvalue weighted by molar-refractivity contribution is 5.50. The molecule has 1 aromatic carbocycles. The van der Waals surface area contributed by atoms with E-state index in [-0.39, 0.29) is 5.82 Å². The maximum Gasteiger partial charge on any atom is 0.123 e. The molecule has 2 rings (SSSR count). The van der Waals surface area contributed by atoms with Crippen LogP contribution in [0.3, 0.4) is 0 Å². The van der Waals surface area contributed by atoms with Gasteiger partial charge in [0.25, 0.3) is 0 Å². The largest absolute Gasteiger partial charge is 0.492 e. The van der Waals surface area contributed by atoms with E-state index in [0.29, 0.717) is 30.3 Å². The van der Waals surface area contributed by atoms with Crippen LogP contribution in [-0.2, 0) is 13.0 Å². The molecule has 0 aliphatic heterocycles. The highest BCUT2D eigenvalue weighted by Gasteiger charge is 2.12. The average Bonchev–Trinajstić information content (AvgIpc) is 2.78. The minimum absolute atomic E-state index is 0.294. The van der Waals surface area contributed by atoms with E-state index in [9.17, 15) is 4.39 Å². The molecular formula is C16H18FN3O. The van der Waals surface area contributed by atoms with Gasteiger partial charge in [0, 0.05) is 5.69 Å². The van der Waals surface area contributed by atoms with E-state index in [0.717, 1.165) is 18.5 Å². The Hall–Kier alpha value is -2.48. The first-order chi connectivity index (χ1) is 10.2. The first-order valence-corrected chi connectivity index (χ1v) is 6.92. The Morgan fingerprint density at radius 1 is 1.33 bits per heavy atom. The zero-order valence-electron chi connectivity index (χ0n) is 12.0. The molecular weight excluding hydrogens is 269 g/mol. The van der Waals surface area contributed by atoms with Gasteiger partial charge in [0.2, 0.25) is 0 Å². The zero-order chi connectivity index (χ0) is 15.2. The average molecular weight is 287 g/mol. The van der Waals surface area contributed by atoms with Crippen LogP contribution in [0.15, 0.2) is 30.3 Å². The first-order valence-electron chi connectivity index (χ1n) is 6.92. The summed E-state index contributed by atoms with van der Waals surface area (Å²) in [5.41, 5.74) is 8.11. The molecule has 0 saturated heterocycles. The fourth-order valence-electron chi connectivity index (χ4n) is 2.26. The summed E-state index contributed by atoms with van der Waals surface area (Å²) in [5, 5.41) is 9.16. The van der Waals surface area contributed by atoms with Gasteiger partial charge in [-0.1, -0.05) is 13.3 Å². The molecule has 21 heavy (non-hydrogen) atoms. The fraction of sp³-hybridized carbons (Fsp3) is 0.312. The monoisotopic (exact) mass is 287 g/mol. The van der Waals surface area contributed by atoms with Gasteiger partial charge in [-0.25, -0.2) is 4.39 Å². The van der Waals surface area contributed by atoms with Crippen molar-refractivity contribution in [3.8, 4) is 11.8 Å². The number of hydrogen-bond donors (Lipinski definition) is 1. The highest BCUT2D eigenvalue weighted by Crippen LogP contribution is 2.20. The first kappa shape index (κ1) is 14.9. The van der Waals surface area contributed by atoms with Crippen LogP contribution in [0.5, 0.6) is 5.75 Å². The number of nitrogen functional groups attached to an aromatic ring is 1. The third kappa shape index (κ3) is 3.54. The molecule has 0 fully saturated rings. The molecule has 2 N–H and O–H groups in total. The number of ether oxygens (including phenoxy) is 1. The number of rotatable bonds is 6. The summed E-state index contributed by atoms with van der Waals surface area (Å²) in [6.07, 6.45) is 1.78. The second-order valence-electron chi connectivity index (χ2n) is 4.75. The van der Waals surface area contributed by atoms with Crippen molar-refractivity contribution in [2.45, 2.75) is 26.3 Å². The predicted octanol–water partition coefficient (Wildman–Crippen LogP) is 3.11. The summed E-state index contributed by atoms with van der Waals surface area (Å²) in [6.45, 7) is 3.00. The van der Waals surface area contributed by atoms with E-state index in [4.69, 9.17) is 15.7 Å². The van der Waals surface area contributed by atoms with Gasteiger partial charge >= 0.3 is 0 Å². The lowest BCUT2D eigenvalue weighted by molar-refractivity contribution is 0.296. The lowest BCUT2D eigenvalue weighted by Gasteiger charge is -2.12. The van der Waals surface area contributed by atoms with Crippen LogP contribution in [0.4, 0.5) is 10.1 Å². The van der Waals surface area contributed by atoms with Crippen LogP contribution in [-0.4, -0.2) is 11.2 Å². The van der Waals surface area contributed by atoms with E-state index >= 15 is 0 Å². The topological polar surface area (TPSA) is 64.0 Å². The van der Waals surface area contributed by atoms with E-state index in [1.54, 1.807) is 18.2 Å². The minimum Gasteiger partial charge on any atom is -0.492 e. The van der Waals surface area contributed by atoms with Gasteiger partial charge in [0.1, 0.15) is 29.9 Å². The van der Waals surface area contributed by atoms with E-state index in [1.165, 1.54) is 12.1 Å². The molecule has 0 radical (unpaired) electrons. The summed E-state index contributed by atoms with van der Waals surface area (Å²) in [4.78, 5) is 0. The standard InChI is InChI=1S/C16H18FN3O/c1-2-3-16-15(19)10-13(11-18)20(16)8-9-21-14-6-4-12(17)5-7-14/h4-7,10H,2-3,8-9,19H2,1H3. The molecule has 2 aromatic rings. The normalized spacial score (nSPS) is 10.3. The van der Waals surface area contributed by atoms with Gasteiger partial charge in [-0.15, -0.1) is 0 Å². The SMILES string of the molecule is CCCc1c(N)cc(C#N)n1CCOc1ccc(F)cc1. The lowest BCUT2D eigenvalue weighted by atomic mass is 10.2. The van der Waals surface area contributed by atoms with Gasteiger partial charge in [-0.05, 0) is 36.8 Å². The van der Waals surface area contributed by atoms with Crippen molar-refractivity contribution in [2.75, 3.05) is 12.3 Å². The number of halogens is 1. The number of hydrogen-bond acceptors (Lipinski definition) is 3. The molecule has 0 spiro atoms. The molecule has 0 atom stereocenters. The maximum absolute atomic E-state index is 12.8. The Kier molecular flexibility index (Phi) is 4.83. The van der Waals surface area contributed by atoms with Gasteiger partial charge < -0.3 is 15.0 Å².